The predicted octanol–water partition coefficient (Wildman–Crippen LogP) is 4.21. The standard InChI is InChI=1S/C27H26N2O5S/c1-3-34-22-13-11-21(12-14-22)28-35(32,33)23-15-9-20-10-16-24(26(30)25(20)17-23)27(31)29(2)18-19-7-5-4-6-8-19/h4-9,11-17,28H,3,10,18H2,1-2H3. The molecule has 3 aromatic rings. The van der Waals surface area contributed by atoms with E-state index in [1.807, 2.05) is 37.3 Å². The molecule has 1 aliphatic rings. The molecule has 3 aromatic carbocycles. The lowest BCUT2D eigenvalue weighted by atomic mass is 9.90. The molecule has 0 unspecified atom stereocenters. The van der Waals surface area contributed by atoms with Crippen LogP contribution in [0.15, 0.2) is 89.3 Å². The SMILES string of the molecule is CCOc1ccc(NS(=O)(=O)c2ccc3c(c2)C(=O)C(C(=O)N(C)Cc2ccccc2)=CC3)cc1. The minimum absolute atomic E-state index is 0.0463. The van der Waals surface area contributed by atoms with Gasteiger partial charge in [-0.1, -0.05) is 42.5 Å². The number of allylic oxidation sites excluding steroid dienone is 1. The molecule has 0 saturated carbocycles. The molecule has 0 fully saturated rings. The zero-order valence-corrected chi connectivity index (χ0v) is 20.3. The normalized spacial score (nSPS) is 13.0. The summed E-state index contributed by atoms with van der Waals surface area (Å²) in [6.45, 7) is 2.73. The second-order valence-electron chi connectivity index (χ2n) is 8.18. The molecule has 0 radical (unpaired) electrons. The van der Waals surface area contributed by atoms with Crippen molar-refractivity contribution >= 4 is 27.4 Å². The molecular formula is C27H26N2O5S. The van der Waals surface area contributed by atoms with E-state index >= 15 is 0 Å². The van der Waals surface area contributed by atoms with Gasteiger partial charge in [0.1, 0.15) is 5.75 Å². The van der Waals surface area contributed by atoms with Gasteiger partial charge in [0.15, 0.2) is 5.78 Å². The van der Waals surface area contributed by atoms with Crippen LogP contribution in [-0.4, -0.2) is 38.7 Å². The van der Waals surface area contributed by atoms with Crippen LogP contribution >= 0.6 is 0 Å². The molecule has 0 saturated heterocycles. The van der Waals surface area contributed by atoms with Gasteiger partial charge in [0.2, 0.25) is 0 Å². The van der Waals surface area contributed by atoms with E-state index in [9.17, 15) is 18.0 Å². The minimum atomic E-state index is -3.95. The zero-order chi connectivity index (χ0) is 25.0. The Hall–Kier alpha value is -3.91. The maximum absolute atomic E-state index is 13.2. The summed E-state index contributed by atoms with van der Waals surface area (Å²) in [5.74, 6) is -0.240. The minimum Gasteiger partial charge on any atom is -0.494 e. The summed E-state index contributed by atoms with van der Waals surface area (Å²) in [4.78, 5) is 27.7. The van der Waals surface area contributed by atoms with Crippen LogP contribution in [-0.2, 0) is 27.8 Å². The average Bonchev–Trinajstić information content (AvgIpc) is 2.85. The highest BCUT2D eigenvalue weighted by Gasteiger charge is 2.29. The van der Waals surface area contributed by atoms with Crippen LogP contribution in [0.4, 0.5) is 5.69 Å². The van der Waals surface area contributed by atoms with E-state index < -0.39 is 21.7 Å². The number of fused-ring (bicyclic) bond motifs is 1. The second kappa shape index (κ2) is 10.1. The molecule has 1 N–H and O–H groups in total. The first-order valence-electron chi connectivity index (χ1n) is 11.2. The summed E-state index contributed by atoms with van der Waals surface area (Å²) in [7, 11) is -2.31. The molecule has 1 amide bonds. The Kier molecular flexibility index (Phi) is 7.02. The van der Waals surface area contributed by atoms with E-state index in [1.54, 1.807) is 43.5 Å². The lowest BCUT2D eigenvalue weighted by molar-refractivity contribution is -0.126. The van der Waals surface area contributed by atoms with Crippen LogP contribution in [0.1, 0.15) is 28.4 Å². The van der Waals surface area contributed by atoms with Gasteiger partial charge in [-0.05, 0) is 60.9 Å². The Bertz CT molecular complexity index is 1380. The lowest BCUT2D eigenvalue weighted by Gasteiger charge is -2.22. The fraction of sp³-hybridized carbons (Fsp3) is 0.185. The smallest absolute Gasteiger partial charge is 0.261 e. The summed E-state index contributed by atoms with van der Waals surface area (Å²) in [5.41, 5.74) is 2.26. The highest BCUT2D eigenvalue weighted by Crippen LogP contribution is 2.27. The molecular weight excluding hydrogens is 464 g/mol. The summed E-state index contributed by atoms with van der Waals surface area (Å²) < 4.78 is 33.9. The predicted molar refractivity (Wildman–Crippen MR) is 134 cm³/mol. The van der Waals surface area contributed by atoms with E-state index in [0.717, 1.165) is 5.56 Å². The third-order valence-electron chi connectivity index (χ3n) is 5.66. The number of amides is 1. The Morgan fingerprint density at radius 1 is 1.03 bits per heavy atom. The topological polar surface area (TPSA) is 92.8 Å². The largest absolute Gasteiger partial charge is 0.494 e. The van der Waals surface area contributed by atoms with E-state index in [-0.39, 0.29) is 16.0 Å². The van der Waals surface area contributed by atoms with Gasteiger partial charge >= 0.3 is 0 Å². The van der Waals surface area contributed by atoms with Crippen molar-refractivity contribution in [1.82, 2.24) is 4.90 Å². The molecule has 0 aromatic heterocycles. The first kappa shape index (κ1) is 24.2. The number of carbonyl (C=O) groups is 2. The van der Waals surface area contributed by atoms with E-state index in [1.165, 1.54) is 17.0 Å². The maximum Gasteiger partial charge on any atom is 0.261 e. The molecule has 35 heavy (non-hydrogen) atoms. The van der Waals surface area contributed by atoms with Gasteiger partial charge in [-0.3, -0.25) is 14.3 Å². The molecule has 0 heterocycles. The highest BCUT2D eigenvalue weighted by molar-refractivity contribution is 7.92. The van der Waals surface area contributed by atoms with E-state index in [0.29, 0.717) is 36.6 Å². The van der Waals surface area contributed by atoms with Crippen molar-refractivity contribution in [2.45, 2.75) is 24.8 Å². The molecule has 0 aliphatic heterocycles. The number of nitrogens with one attached hydrogen (secondary N) is 1. The maximum atomic E-state index is 13.2. The van der Waals surface area contributed by atoms with Gasteiger partial charge < -0.3 is 9.64 Å². The molecule has 0 atom stereocenters. The van der Waals surface area contributed by atoms with Gasteiger partial charge in [0, 0.05) is 24.8 Å². The number of rotatable bonds is 8. The van der Waals surface area contributed by atoms with Crippen LogP contribution in [0.25, 0.3) is 0 Å². The number of anilines is 1. The van der Waals surface area contributed by atoms with Crippen molar-refractivity contribution in [2.24, 2.45) is 0 Å². The molecule has 7 nitrogen and oxygen atoms in total. The van der Waals surface area contributed by atoms with Crippen LogP contribution in [0, 0.1) is 0 Å². The van der Waals surface area contributed by atoms with E-state index in [4.69, 9.17) is 4.74 Å². The van der Waals surface area contributed by atoms with Gasteiger partial charge in [-0.25, -0.2) is 8.42 Å². The molecule has 4 rings (SSSR count). The molecule has 8 heteroatoms. The number of hydrogen-bond acceptors (Lipinski definition) is 5. The van der Waals surface area contributed by atoms with Crippen LogP contribution in [0.5, 0.6) is 5.75 Å². The summed E-state index contributed by atoms with van der Waals surface area (Å²) >= 11 is 0. The van der Waals surface area contributed by atoms with Crippen molar-refractivity contribution in [3.63, 3.8) is 0 Å². The average molecular weight is 491 g/mol. The van der Waals surface area contributed by atoms with Crippen LogP contribution in [0.3, 0.4) is 0 Å². The van der Waals surface area contributed by atoms with Gasteiger partial charge in [0.25, 0.3) is 15.9 Å². The van der Waals surface area contributed by atoms with Crippen molar-refractivity contribution in [1.29, 1.82) is 0 Å². The fourth-order valence-corrected chi connectivity index (χ4v) is 4.97. The summed E-state index contributed by atoms with van der Waals surface area (Å²) in [5, 5.41) is 0. The Morgan fingerprint density at radius 2 is 1.74 bits per heavy atom. The number of sulfonamides is 1. The third kappa shape index (κ3) is 5.44. The molecule has 1 aliphatic carbocycles. The molecule has 0 spiro atoms. The number of ether oxygens (including phenoxy) is 1. The Morgan fingerprint density at radius 3 is 2.43 bits per heavy atom. The number of nitrogens with zero attached hydrogens (tertiary/aromatic N) is 1. The van der Waals surface area contributed by atoms with Crippen molar-refractivity contribution in [2.75, 3.05) is 18.4 Å². The van der Waals surface area contributed by atoms with Crippen molar-refractivity contribution < 1.29 is 22.7 Å². The summed E-state index contributed by atoms with van der Waals surface area (Å²) in [6.07, 6.45) is 1.98. The third-order valence-corrected chi connectivity index (χ3v) is 7.04. The van der Waals surface area contributed by atoms with Crippen molar-refractivity contribution in [3.05, 3.63) is 101 Å². The molecule has 180 valence electrons. The second-order valence-corrected chi connectivity index (χ2v) is 9.86. The van der Waals surface area contributed by atoms with Crippen molar-refractivity contribution in [3.8, 4) is 5.75 Å². The monoisotopic (exact) mass is 490 g/mol. The number of carbonyl (C=O) groups excluding carboxylic acids is 2. The first-order chi connectivity index (χ1) is 16.8. The van der Waals surface area contributed by atoms with Gasteiger partial charge in [-0.2, -0.15) is 0 Å². The number of hydrogen-bond donors (Lipinski definition) is 1. The molecule has 0 bridgehead atoms. The number of likely N-dealkylation sites (N-methyl/N-ethyl adjacent to an activating group) is 1. The number of ketones is 1. The zero-order valence-electron chi connectivity index (χ0n) is 19.5. The van der Waals surface area contributed by atoms with Crippen LogP contribution in [0.2, 0.25) is 0 Å². The fourth-order valence-electron chi connectivity index (χ4n) is 3.88. The number of Topliss-reactive ketones (excluding diaryl/α,β-unsaturated/α-hetero) is 1. The van der Waals surface area contributed by atoms with Crippen LogP contribution < -0.4 is 9.46 Å². The quantitative estimate of drug-likeness (QED) is 0.478. The highest BCUT2D eigenvalue weighted by atomic mass is 32.2. The summed E-state index contributed by atoms with van der Waals surface area (Å²) in [6, 6.07) is 20.5. The van der Waals surface area contributed by atoms with Gasteiger partial charge in [0.05, 0.1) is 17.1 Å². The van der Waals surface area contributed by atoms with Gasteiger partial charge in [-0.15, -0.1) is 0 Å². The first-order valence-corrected chi connectivity index (χ1v) is 12.7. The Balaban J connectivity index is 1.53. The lowest BCUT2D eigenvalue weighted by Crippen LogP contribution is -2.32. The number of benzene rings is 3. The van der Waals surface area contributed by atoms with E-state index in [2.05, 4.69) is 4.72 Å². The Labute approximate surface area is 205 Å².